The third-order valence-electron chi connectivity index (χ3n) is 5.44. The van der Waals surface area contributed by atoms with Crippen molar-refractivity contribution >= 4 is 23.3 Å². The third-order valence-corrected chi connectivity index (χ3v) is 5.44. The Balaban J connectivity index is 1.40. The number of hydrogen-bond donors (Lipinski definition) is 3. The van der Waals surface area contributed by atoms with Crippen molar-refractivity contribution in [2.45, 2.75) is 32.7 Å². The minimum atomic E-state index is -0.258. The summed E-state index contributed by atoms with van der Waals surface area (Å²) in [6, 6.07) is 14.5. The number of nitriles is 1. The molecule has 2 aromatic carbocycles. The van der Waals surface area contributed by atoms with E-state index in [-0.39, 0.29) is 18.0 Å². The van der Waals surface area contributed by atoms with Crippen molar-refractivity contribution in [2.24, 2.45) is 0 Å². The highest BCUT2D eigenvalue weighted by Gasteiger charge is 2.22. The van der Waals surface area contributed by atoms with Crippen LogP contribution in [0.1, 0.15) is 29.5 Å². The first kappa shape index (κ1) is 21.3. The molecule has 1 heterocycles. The number of piperidine rings is 1. The van der Waals surface area contributed by atoms with Crippen LogP contribution in [0.4, 0.5) is 16.2 Å². The molecule has 3 amide bonds. The molecule has 0 saturated carbocycles. The molecule has 156 valence electrons. The van der Waals surface area contributed by atoms with Gasteiger partial charge in [-0.15, -0.1) is 0 Å². The molecule has 0 atom stereocenters. The number of nitrogens with zero attached hydrogens (tertiary/aromatic N) is 2. The Labute approximate surface area is 177 Å². The van der Waals surface area contributed by atoms with Gasteiger partial charge in [0.05, 0.1) is 18.2 Å². The summed E-state index contributed by atoms with van der Waals surface area (Å²) in [5, 5.41) is 17.6. The Morgan fingerprint density at radius 1 is 1.07 bits per heavy atom. The molecular formula is C23H27N5O2. The van der Waals surface area contributed by atoms with E-state index in [4.69, 9.17) is 5.26 Å². The van der Waals surface area contributed by atoms with Crippen LogP contribution in [-0.2, 0) is 4.79 Å². The van der Waals surface area contributed by atoms with Gasteiger partial charge in [-0.2, -0.15) is 5.26 Å². The van der Waals surface area contributed by atoms with Gasteiger partial charge >= 0.3 is 6.03 Å². The maximum absolute atomic E-state index is 12.4. The van der Waals surface area contributed by atoms with E-state index in [1.165, 1.54) is 0 Å². The van der Waals surface area contributed by atoms with Crippen LogP contribution < -0.4 is 16.0 Å². The lowest BCUT2D eigenvalue weighted by Crippen LogP contribution is -2.47. The van der Waals surface area contributed by atoms with E-state index < -0.39 is 0 Å². The van der Waals surface area contributed by atoms with Crippen LogP contribution >= 0.6 is 0 Å². The van der Waals surface area contributed by atoms with Crippen molar-refractivity contribution in [3.8, 4) is 6.07 Å². The highest BCUT2D eigenvalue weighted by atomic mass is 16.2. The van der Waals surface area contributed by atoms with Crippen molar-refractivity contribution in [1.82, 2.24) is 10.2 Å². The van der Waals surface area contributed by atoms with Crippen LogP contribution in [0.5, 0.6) is 0 Å². The van der Waals surface area contributed by atoms with E-state index in [2.05, 4.69) is 20.9 Å². The van der Waals surface area contributed by atoms with Gasteiger partial charge in [-0.3, -0.25) is 9.69 Å². The lowest BCUT2D eigenvalue weighted by molar-refractivity contribution is -0.117. The molecule has 30 heavy (non-hydrogen) atoms. The van der Waals surface area contributed by atoms with Crippen LogP contribution in [0, 0.1) is 25.2 Å². The minimum Gasteiger partial charge on any atom is -0.335 e. The Kier molecular flexibility index (Phi) is 7.04. The number of carbonyl (C=O) groups excluding carboxylic acids is 2. The summed E-state index contributed by atoms with van der Waals surface area (Å²) in [6.07, 6.45) is 1.58. The van der Waals surface area contributed by atoms with Gasteiger partial charge in [0.25, 0.3) is 0 Å². The zero-order valence-corrected chi connectivity index (χ0v) is 17.4. The third kappa shape index (κ3) is 5.82. The fraction of sp³-hybridized carbons (Fsp3) is 0.348. The number of rotatable bonds is 5. The number of likely N-dealkylation sites (tertiary alicyclic amines) is 1. The largest absolute Gasteiger partial charge is 0.335 e. The molecule has 1 aliphatic rings. The minimum absolute atomic E-state index is 0.0198. The van der Waals surface area contributed by atoms with Gasteiger partial charge in [0, 0.05) is 30.5 Å². The molecule has 3 N–H and O–H groups in total. The summed E-state index contributed by atoms with van der Waals surface area (Å²) >= 11 is 0. The lowest BCUT2D eigenvalue weighted by atomic mass is 10.1. The van der Waals surface area contributed by atoms with Crippen LogP contribution in [0.2, 0.25) is 0 Å². The molecule has 2 aromatic rings. The molecule has 7 nitrogen and oxygen atoms in total. The van der Waals surface area contributed by atoms with E-state index >= 15 is 0 Å². The second kappa shape index (κ2) is 9.90. The van der Waals surface area contributed by atoms with Crippen molar-refractivity contribution in [1.29, 1.82) is 5.26 Å². The molecule has 0 radical (unpaired) electrons. The molecule has 1 fully saturated rings. The van der Waals surface area contributed by atoms with Crippen LogP contribution in [0.25, 0.3) is 0 Å². The van der Waals surface area contributed by atoms with Crippen LogP contribution in [0.3, 0.4) is 0 Å². The normalized spacial score (nSPS) is 14.6. The van der Waals surface area contributed by atoms with Gasteiger partial charge in [-0.1, -0.05) is 12.1 Å². The highest BCUT2D eigenvalue weighted by Crippen LogP contribution is 2.18. The number of urea groups is 1. The van der Waals surface area contributed by atoms with Gasteiger partial charge in [0.15, 0.2) is 0 Å². The summed E-state index contributed by atoms with van der Waals surface area (Å²) in [6.45, 7) is 5.88. The van der Waals surface area contributed by atoms with Gasteiger partial charge in [-0.25, -0.2) is 4.79 Å². The molecule has 0 bridgehead atoms. The van der Waals surface area contributed by atoms with Crippen molar-refractivity contribution in [3.63, 3.8) is 0 Å². The lowest BCUT2D eigenvalue weighted by Gasteiger charge is -2.31. The van der Waals surface area contributed by atoms with Gasteiger partial charge in [0.1, 0.15) is 0 Å². The molecule has 7 heteroatoms. The number of benzene rings is 2. The smallest absolute Gasteiger partial charge is 0.319 e. The molecule has 0 spiro atoms. The number of anilines is 2. The molecule has 0 aliphatic carbocycles. The quantitative estimate of drug-likeness (QED) is 0.710. The standard InChI is InChI=1S/C23H27N5O2/c1-16-4-3-5-21(17(16)2)27-22(29)15-28-12-10-20(11-13-28)26-23(30)25-19-8-6-18(14-24)7-9-19/h3-9,20H,10-13,15H2,1-2H3,(H,27,29)(H2,25,26,30). The monoisotopic (exact) mass is 405 g/mol. The fourth-order valence-corrected chi connectivity index (χ4v) is 3.50. The number of nitrogens with one attached hydrogen (secondary N) is 3. The number of amides is 3. The van der Waals surface area contributed by atoms with Gasteiger partial charge in [-0.05, 0) is 68.1 Å². The van der Waals surface area contributed by atoms with E-state index in [1.54, 1.807) is 24.3 Å². The number of carbonyl (C=O) groups is 2. The van der Waals surface area contributed by atoms with Gasteiger partial charge < -0.3 is 16.0 Å². The van der Waals surface area contributed by atoms with E-state index in [9.17, 15) is 9.59 Å². The summed E-state index contributed by atoms with van der Waals surface area (Å²) in [7, 11) is 0. The summed E-state index contributed by atoms with van der Waals surface area (Å²) in [5.74, 6) is -0.0198. The zero-order valence-electron chi connectivity index (χ0n) is 17.4. The molecule has 1 saturated heterocycles. The van der Waals surface area contributed by atoms with Gasteiger partial charge in [0.2, 0.25) is 5.91 Å². The fourth-order valence-electron chi connectivity index (χ4n) is 3.50. The zero-order chi connectivity index (χ0) is 21.5. The van der Waals surface area contributed by atoms with E-state index in [0.717, 1.165) is 42.7 Å². The molecule has 3 rings (SSSR count). The summed E-state index contributed by atoms with van der Waals surface area (Å²) in [4.78, 5) is 26.7. The van der Waals surface area contributed by atoms with Crippen LogP contribution in [0.15, 0.2) is 42.5 Å². The first-order valence-corrected chi connectivity index (χ1v) is 10.1. The number of hydrogen-bond acceptors (Lipinski definition) is 4. The highest BCUT2D eigenvalue weighted by molar-refractivity contribution is 5.93. The molecule has 0 aromatic heterocycles. The maximum Gasteiger partial charge on any atom is 0.319 e. The maximum atomic E-state index is 12.4. The first-order valence-electron chi connectivity index (χ1n) is 10.1. The SMILES string of the molecule is Cc1cccc(NC(=O)CN2CCC(NC(=O)Nc3ccc(C#N)cc3)CC2)c1C. The van der Waals surface area contributed by atoms with E-state index in [0.29, 0.717) is 17.8 Å². The summed E-state index contributed by atoms with van der Waals surface area (Å²) in [5.41, 5.74) is 4.29. The van der Waals surface area contributed by atoms with Crippen molar-refractivity contribution < 1.29 is 9.59 Å². The Hall–Kier alpha value is -3.37. The average Bonchev–Trinajstić information content (AvgIpc) is 2.73. The van der Waals surface area contributed by atoms with Crippen molar-refractivity contribution in [2.75, 3.05) is 30.3 Å². The first-order chi connectivity index (χ1) is 14.4. The van der Waals surface area contributed by atoms with E-state index in [1.807, 2.05) is 38.1 Å². The Bertz CT molecular complexity index is 941. The summed E-state index contributed by atoms with van der Waals surface area (Å²) < 4.78 is 0. The average molecular weight is 406 g/mol. The Morgan fingerprint density at radius 2 is 1.77 bits per heavy atom. The second-order valence-corrected chi connectivity index (χ2v) is 7.63. The number of aryl methyl sites for hydroxylation is 1. The molecule has 1 aliphatic heterocycles. The van der Waals surface area contributed by atoms with Crippen molar-refractivity contribution in [3.05, 3.63) is 59.2 Å². The topological polar surface area (TPSA) is 97.3 Å². The second-order valence-electron chi connectivity index (χ2n) is 7.63. The Morgan fingerprint density at radius 3 is 2.43 bits per heavy atom. The predicted octanol–water partition coefficient (Wildman–Crippen LogP) is 3.40. The predicted molar refractivity (Wildman–Crippen MR) is 117 cm³/mol. The van der Waals surface area contributed by atoms with Crippen LogP contribution in [-0.4, -0.2) is 42.5 Å². The molecule has 0 unspecified atom stereocenters. The molecular weight excluding hydrogens is 378 g/mol.